The van der Waals surface area contributed by atoms with E-state index in [1.54, 1.807) is 84.8 Å². The standard InChI is InChI=1S/C33H39NO7/c1-3-4-5-6-7-23-40-29-20-14-27(15-21-29)33(38)41-30-16-10-25(11-17-30)24-34(22-8-9-31(35)36)32(37)26-12-18-28(39-2)19-13-26/h10-21H,3-9,22-24H2,1-2H3,(H,35,36). The number of aliphatic carboxylic acids is 1. The Hall–Kier alpha value is -4.33. The molecule has 0 aliphatic carbocycles. The number of carboxylic acids is 1. The summed E-state index contributed by atoms with van der Waals surface area (Å²) in [4.78, 5) is 38.5. The van der Waals surface area contributed by atoms with Gasteiger partial charge in [-0.05, 0) is 79.1 Å². The molecule has 0 aromatic heterocycles. The van der Waals surface area contributed by atoms with Gasteiger partial charge in [0.2, 0.25) is 0 Å². The molecule has 3 rings (SSSR count). The number of unbranched alkanes of at least 4 members (excludes halogenated alkanes) is 4. The fourth-order valence-electron chi connectivity index (χ4n) is 4.22. The molecule has 0 aliphatic rings. The highest BCUT2D eigenvalue weighted by atomic mass is 16.5. The second kappa shape index (κ2) is 16.7. The maximum atomic E-state index is 13.2. The molecule has 0 heterocycles. The predicted molar refractivity (Wildman–Crippen MR) is 157 cm³/mol. The van der Waals surface area contributed by atoms with Gasteiger partial charge in [0.15, 0.2) is 0 Å². The molecule has 218 valence electrons. The summed E-state index contributed by atoms with van der Waals surface area (Å²) in [5.74, 6) is 0.143. The topological polar surface area (TPSA) is 102 Å². The number of benzene rings is 3. The second-order valence-corrected chi connectivity index (χ2v) is 9.77. The molecule has 3 aromatic carbocycles. The maximum Gasteiger partial charge on any atom is 0.343 e. The van der Waals surface area contributed by atoms with Gasteiger partial charge < -0.3 is 24.2 Å². The van der Waals surface area contributed by atoms with E-state index < -0.39 is 11.9 Å². The van der Waals surface area contributed by atoms with Crippen LogP contribution in [0.15, 0.2) is 72.8 Å². The number of methoxy groups -OCH3 is 1. The average Bonchev–Trinajstić information content (AvgIpc) is 2.99. The number of esters is 1. The third-order valence-electron chi connectivity index (χ3n) is 6.56. The second-order valence-electron chi connectivity index (χ2n) is 9.77. The lowest BCUT2D eigenvalue weighted by atomic mass is 10.1. The smallest absolute Gasteiger partial charge is 0.343 e. The summed E-state index contributed by atoms with van der Waals surface area (Å²) in [5.41, 5.74) is 1.72. The Bertz CT molecular complexity index is 1240. The van der Waals surface area contributed by atoms with Crippen molar-refractivity contribution < 1.29 is 33.7 Å². The summed E-state index contributed by atoms with van der Waals surface area (Å²) >= 11 is 0. The molecule has 0 radical (unpaired) electrons. The van der Waals surface area contributed by atoms with Gasteiger partial charge in [-0.15, -0.1) is 0 Å². The van der Waals surface area contributed by atoms with Crippen molar-refractivity contribution in [2.75, 3.05) is 20.3 Å². The Labute approximate surface area is 241 Å². The summed E-state index contributed by atoms with van der Waals surface area (Å²) < 4.78 is 16.5. The summed E-state index contributed by atoms with van der Waals surface area (Å²) in [6.07, 6.45) is 6.14. The van der Waals surface area contributed by atoms with Gasteiger partial charge in [-0.3, -0.25) is 9.59 Å². The van der Waals surface area contributed by atoms with E-state index in [0.717, 1.165) is 24.2 Å². The van der Waals surface area contributed by atoms with Crippen LogP contribution in [0.1, 0.15) is 78.1 Å². The van der Waals surface area contributed by atoms with Crippen molar-refractivity contribution in [3.05, 3.63) is 89.5 Å². The lowest BCUT2D eigenvalue weighted by Crippen LogP contribution is -2.31. The highest BCUT2D eigenvalue weighted by molar-refractivity contribution is 5.94. The van der Waals surface area contributed by atoms with Crippen LogP contribution in [0.25, 0.3) is 0 Å². The molecule has 3 aromatic rings. The Balaban J connectivity index is 1.56. The maximum absolute atomic E-state index is 13.2. The van der Waals surface area contributed by atoms with Crippen LogP contribution < -0.4 is 14.2 Å². The Morgan fingerprint density at radius 3 is 1.98 bits per heavy atom. The van der Waals surface area contributed by atoms with E-state index in [0.29, 0.717) is 35.7 Å². The monoisotopic (exact) mass is 561 g/mol. The summed E-state index contributed by atoms with van der Waals surface area (Å²) in [5, 5.41) is 9.03. The van der Waals surface area contributed by atoms with Crippen molar-refractivity contribution in [3.8, 4) is 17.2 Å². The number of carbonyl (C=O) groups is 3. The quantitative estimate of drug-likeness (QED) is 0.110. The van der Waals surface area contributed by atoms with Crippen molar-refractivity contribution in [3.63, 3.8) is 0 Å². The van der Waals surface area contributed by atoms with E-state index in [1.165, 1.54) is 19.3 Å². The van der Waals surface area contributed by atoms with Crippen molar-refractivity contribution in [2.45, 2.75) is 58.4 Å². The molecule has 8 heteroatoms. The zero-order valence-corrected chi connectivity index (χ0v) is 23.8. The minimum Gasteiger partial charge on any atom is -0.497 e. The van der Waals surface area contributed by atoms with Gasteiger partial charge in [0, 0.05) is 25.1 Å². The lowest BCUT2D eigenvalue weighted by molar-refractivity contribution is -0.137. The molecule has 0 atom stereocenters. The largest absolute Gasteiger partial charge is 0.497 e. The SMILES string of the molecule is CCCCCCCOc1ccc(C(=O)Oc2ccc(CN(CCCC(=O)O)C(=O)c3ccc(OC)cc3)cc2)cc1. The normalized spacial score (nSPS) is 10.6. The van der Waals surface area contributed by atoms with Gasteiger partial charge in [0.25, 0.3) is 5.91 Å². The first-order valence-electron chi connectivity index (χ1n) is 14.1. The highest BCUT2D eigenvalue weighted by Crippen LogP contribution is 2.20. The Morgan fingerprint density at radius 1 is 0.732 bits per heavy atom. The highest BCUT2D eigenvalue weighted by Gasteiger charge is 2.17. The van der Waals surface area contributed by atoms with E-state index in [1.807, 2.05) is 0 Å². The summed E-state index contributed by atoms with van der Waals surface area (Å²) in [6.45, 7) is 3.41. The minimum atomic E-state index is -0.909. The Kier molecular flexibility index (Phi) is 12.7. The number of ether oxygens (including phenoxy) is 3. The van der Waals surface area contributed by atoms with E-state index >= 15 is 0 Å². The van der Waals surface area contributed by atoms with Gasteiger partial charge in [-0.2, -0.15) is 0 Å². The van der Waals surface area contributed by atoms with Crippen molar-refractivity contribution in [1.29, 1.82) is 0 Å². The zero-order chi connectivity index (χ0) is 29.5. The fraction of sp³-hybridized carbons (Fsp3) is 0.364. The molecular weight excluding hydrogens is 522 g/mol. The molecule has 0 unspecified atom stereocenters. The number of rotatable bonds is 17. The molecule has 0 saturated heterocycles. The average molecular weight is 562 g/mol. The van der Waals surface area contributed by atoms with Crippen LogP contribution in [-0.4, -0.2) is 48.1 Å². The number of hydrogen-bond donors (Lipinski definition) is 1. The van der Waals surface area contributed by atoms with Crippen LogP contribution in [0.4, 0.5) is 0 Å². The van der Waals surface area contributed by atoms with Crippen molar-refractivity contribution >= 4 is 17.8 Å². The molecule has 8 nitrogen and oxygen atoms in total. The number of amides is 1. The molecule has 0 spiro atoms. The van der Waals surface area contributed by atoms with Gasteiger partial charge in [0.1, 0.15) is 17.2 Å². The van der Waals surface area contributed by atoms with Crippen molar-refractivity contribution in [1.82, 2.24) is 4.90 Å². The van der Waals surface area contributed by atoms with Gasteiger partial charge in [-0.1, -0.05) is 44.7 Å². The summed E-state index contributed by atoms with van der Waals surface area (Å²) in [6, 6.07) is 20.6. The van der Waals surface area contributed by atoms with E-state index in [4.69, 9.17) is 19.3 Å². The fourth-order valence-corrected chi connectivity index (χ4v) is 4.22. The molecule has 0 fully saturated rings. The van der Waals surface area contributed by atoms with Crippen LogP contribution >= 0.6 is 0 Å². The zero-order valence-electron chi connectivity index (χ0n) is 23.8. The molecule has 0 saturated carbocycles. The molecular formula is C33H39NO7. The molecule has 0 bridgehead atoms. The number of carboxylic acid groups (broad SMARTS) is 1. The van der Waals surface area contributed by atoms with Crippen LogP contribution in [0.3, 0.4) is 0 Å². The van der Waals surface area contributed by atoms with E-state index in [9.17, 15) is 14.4 Å². The first kappa shape index (κ1) is 31.2. The lowest BCUT2D eigenvalue weighted by Gasteiger charge is -2.23. The van der Waals surface area contributed by atoms with Gasteiger partial charge in [-0.25, -0.2) is 4.79 Å². The molecule has 41 heavy (non-hydrogen) atoms. The molecule has 0 aliphatic heterocycles. The first-order chi connectivity index (χ1) is 19.9. The van der Waals surface area contributed by atoms with Crippen LogP contribution in [0, 0.1) is 0 Å². The number of hydrogen-bond acceptors (Lipinski definition) is 6. The van der Waals surface area contributed by atoms with Gasteiger partial charge >= 0.3 is 11.9 Å². The predicted octanol–water partition coefficient (Wildman–Crippen LogP) is 6.77. The molecule has 1 amide bonds. The number of nitrogens with zero attached hydrogens (tertiary/aromatic N) is 1. The van der Waals surface area contributed by atoms with E-state index in [2.05, 4.69) is 6.92 Å². The summed E-state index contributed by atoms with van der Waals surface area (Å²) in [7, 11) is 1.55. The van der Waals surface area contributed by atoms with Crippen LogP contribution in [-0.2, 0) is 11.3 Å². The third kappa shape index (κ3) is 10.6. The number of carbonyl (C=O) groups excluding carboxylic acids is 2. The van der Waals surface area contributed by atoms with Crippen LogP contribution in [0.2, 0.25) is 0 Å². The third-order valence-corrected chi connectivity index (χ3v) is 6.56. The molecule has 1 N–H and O–H groups in total. The van der Waals surface area contributed by atoms with Crippen LogP contribution in [0.5, 0.6) is 17.2 Å². The van der Waals surface area contributed by atoms with Crippen molar-refractivity contribution in [2.24, 2.45) is 0 Å². The Morgan fingerprint density at radius 2 is 1.34 bits per heavy atom. The van der Waals surface area contributed by atoms with E-state index in [-0.39, 0.29) is 25.4 Å². The van der Waals surface area contributed by atoms with Gasteiger partial charge in [0.05, 0.1) is 19.3 Å². The first-order valence-corrected chi connectivity index (χ1v) is 14.1. The minimum absolute atomic E-state index is 0.0343.